The second kappa shape index (κ2) is 7.67. The first-order valence-electron chi connectivity index (χ1n) is 9.14. The van der Waals surface area contributed by atoms with Crippen LogP contribution in [0.4, 0.5) is 20.2 Å². The van der Waals surface area contributed by atoms with Crippen molar-refractivity contribution in [2.75, 3.05) is 11.9 Å². The minimum absolute atomic E-state index is 0.0325. The van der Waals surface area contributed by atoms with Crippen molar-refractivity contribution in [3.63, 3.8) is 0 Å². The molecule has 140 valence electrons. The van der Waals surface area contributed by atoms with E-state index >= 15 is 0 Å². The lowest BCUT2D eigenvalue weighted by Crippen LogP contribution is -2.14. The number of alkyl halides is 2. The van der Waals surface area contributed by atoms with Crippen LogP contribution in [-0.2, 0) is 0 Å². The first-order valence-corrected chi connectivity index (χ1v) is 9.52. The number of anilines is 2. The van der Waals surface area contributed by atoms with E-state index in [4.69, 9.17) is 19.4 Å². The summed E-state index contributed by atoms with van der Waals surface area (Å²) >= 11 is 6.48. The smallest absolute Gasteiger partial charge is 0.248 e. The highest BCUT2D eigenvalue weighted by molar-refractivity contribution is 6.33. The van der Waals surface area contributed by atoms with Crippen LogP contribution in [0.5, 0.6) is 0 Å². The fraction of sp³-hybridized carbons (Fsp3) is 0.364. The Morgan fingerprint density at radius 1 is 1.26 bits per heavy atom. The van der Waals surface area contributed by atoms with Gasteiger partial charge in [-0.05, 0) is 42.2 Å². The van der Waals surface area contributed by atoms with Crippen LogP contribution in [0.15, 0.2) is 49.0 Å². The predicted molar refractivity (Wildman–Crippen MR) is 111 cm³/mol. The van der Waals surface area contributed by atoms with Crippen LogP contribution >= 0.6 is 11.6 Å². The van der Waals surface area contributed by atoms with E-state index in [2.05, 4.69) is 6.58 Å². The van der Waals surface area contributed by atoms with Crippen molar-refractivity contribution in [1.29, 1.82) is 0 Å². The average Bonchev–Trinajstić information content (AvgIpc) is 3.00. The molecule has 0 saturated heterocycles. The van der Waals surface area contributed by atoms with Gasteiger partial charge < -0.3 is 4.90 Å². The van der Waals surface area contributed by atoms with Crippen LogP contribution in [0, 0.1) is 5.92 Å². The van der Waals surface area contributed by atoms with Gasteiger partial charge in [0.2, 0.25) is 5.92 Å². The number of hydrogen-bond donors (Lipinski definition) is 0. The molecule has 1 saturated carbocycles. The highest BCUT2D eigenvalue weighted by Gasteiger charge is 2.41. The Morgan fingerprint density at radius 3 is 2.48 bits per heavy atom. The van der Waals surface area contributed by atoms with Gasteiger partial charge in [0.05, 0.1) is 12.9 Å². The van der Waals surface area contributed by atoms with E-state index < -0.39 is 5.92 Å². The second-order valence-corrected chi connectivity index (χ2v) is 7.80. The molecule has 0 spiro atoms. The van der Waals surface area contributed by atoms with E-state index in [-0.39, 0.29) is 24.6 Å². The molecule has 27 heavy (non-hydrogen) atoms. The Balaban J connectivity index is 1.94. The number of rotatable bonds is 5. The molecule has 0 heterocycles. The van der Waals surface area contributed by atoms with Gasteiger partial charge in [-0.1, -0.05) is 54.7 Å². The quantitative estimate of drug-likeness (QED) is 0.512. The molecule has 2 aromatic carbocycles. The molecule has 2 unspecified atom stereocenters. The van der Waals surface area contributed by atoms with Crippen molar-refractivity contribution >= 4 is 36.4 Å². The van der Waals surface area contributed by atoms with Crippen molar-refractivity contribution in [3.8, 4) is 0 Å². The SMILES string of the molecule is [B]C(C)c1ccc(N(C)c2cccc(Cl)c2C(=C)C2CCC(F)(F)C2)cc1. The fourth-order valence-electron chi connectivity index (χ4n) is 3.70. The van der Waals surface area contributed by atoms with Gasteiger partial charge in [-0.2, -0.15) is 0 Å². The van der Waals surface area contributed by atoms with Gasteiger partial charge in [-0.25, -0.2) is 8.78 Å². The van der Waals surface area contributed by atoms with Gasteiger partial charge >= 0.3 is 0 Å². The van der Waals surface area contributed by atoms with Gasteiger partial charge in [0.15, 0.2) is 0 Å². The van der Waals surface area contributed by atoms with Crippen molar-refractivity contribution in [2.24, 2.45) is 5.92 Å². The number of allylic oxidation sites excluding steroid dienone is 1. The standard InChI is InChI=1S/C22H23BClF2N/c1-14(17-11-12-22(25,26)13-17)21-19(24)5-4-6-20(21)27(3)18-9-7-16(8-10-18)15(2)23/h4-10,15,17H,1,11-13H2,2-3H3. The molecular weight excluding hydrogens is 363 g/mol. The molecule has 1 aliphatic carbocycles. The maximum absolute atomic E-state index is 13.7. The van der Waals surface area contributed by atoms with Crippen LogP contribution < -0.4 is 4.90 Å². The summed E-state index contributed by atoms with van der Waals surface area (Å²) in [5.74, 6) is -2.90. The van der Waals surface area contributed by atoms with Crippen LogP contribution in [0.2, 0.25) is 5.02 Å². The molecule has 0 N–H and O–H groups in total. The third kappa shape index (κ3) is 4.21. The minimum Gasteiger partial charge on any atom is -0.344 e. The first kappa shape index (κ1) is 19.9. The largest absolute Gasteiger partial charge is 0.344 e. The first-order chi connectivity index (χ1) is 12.7. The Kier molecular flexibility index (Phi) is 5.67. The summed E-state index contributed by atoms with van der Waals surface area (Å²) in [6.07, 6.45) is 0.178. The number of hydrogen-bond acceptors (Lipinski definition) is 1. The molecule has 5 heteroatoms. The highest BCUT2D eigenvalue weighted by Crippen LogP contribution is 2.47. The van der Waals surface area contributed by atoms with Gasteiger partial charge in [0.25, 0.3) is 0 Å². The summed E-state index contributed by atoms with van der Waals surface area (Å²) in [5, 5.41) is 0.534. The molecule has 1 nitrogen and oxygen atoms in total. The summed E-state index contributed by atoms with van der Waals surface area (Å²) in [4.78, 5) is 2.00. The normalized spacial score (nSPS) is 19.7. The molecule has 0 bridgehead atoms. The molecule has 0 aromatic heterocycles. The van der Waals surface area contributed by atoms with Crippen molar-refractivity contribution in [2.45, 2.75) is 37.9 Å². The van der Waals surface area contributed by atoms with Crippen LogP contribution in [0.3, 0.4) is 0 Å². The number of halogens is 3. The molecule has 1 fully saturated rings. The Labute approximate surface area is 166 Å². The van der Waals surface area contributed by atoms with Crippen molar-refractivity contribution in [1.82, 2.24) is 0 Å². The molecule has 1 aliphatic rings. The Hall–Kier alpha value is -1.81. The molecule has 2 radical (unpaired) electrons. The zero-order valence-electron chi connectivity index (χ0n) is 15.7. The third-order valence-corrected chi connectivity index (χ3v) is 5.69. The highest BCUT2D eigenvalue weighted by atomic mass is 35.5. The van der Waals surface area contributed by atoms with E-state index in [1.165, 1.54) is 0 Å². The van der Waals surface area contributed by atoms with Crippen molar-refractivity contribution in [3.05, 3.63) is 65.2 Å². The lowest BCUT2D eigenvalue weighted by molar-refractivity contribution is 0.00708. The lowest BCUT2D eigenvalue weighted by Gasteiger charge is -2.26. The topological polar surface area (TPSA) is 3.24 Å². The Morgan fingerprint density at radius 2 is 1.93 bits per heavy atom. The zero-order valence-corrected chi connectivity index (χ0v) is 16.4. The summed E-state index contributed by atoms with van der Waals surface area (Å²) in [6, 6.07) is 13.6. The third-order valence-electron chi connectivity index (χ3n) is 5.38. The van der Waals surface area contributed by atoms with E-state index in [1.54, 1.807) is 6.07 Å². The van der Waals surface area contributed by atoms with Gasteiger partial charge in [-0.15, -0.1) is 0 Å². The predicted octanol–water partition coefficient (Wildman–Crippen LogP) is 6.79. The lowest BCUT2D eigenvalue weighted by atomic mass is 9.83. The summed E-state index contributed by atoms with van der Waals surface area (Å²) in [6.45, 7) is 6.09. The molecule has 3 rings (SSSR count). The average molecular weight is 386 g/mol. The van der Waals surface area contributed by atoms with E-state index in [0.29, 0.717) is 17.0 Å². The maximum atomic E-state index is 13.7. The van der Waals surface area contributed by atoms with Crippen LogP contribution in [0.1, 0.15) is 43.1 Å². The van der Waals surface area contributed by atoms with Gasteiger partial charge in [0, 0.05) is 36.8 Å². The monoisotopic (exact) mass is 385 g/mol. The van der Waals surface area contributed by atoms with E-state index in [1.807, 2.05) is 55.3 Å². The maximum Gasteiger partial charge on any atom is 0.248 e. The molecule has 0 aliphatic heterocycles. The fourth-order valence-corrected chi connectivity index (χ4v) is 3.99. The number of benzene rings is 2. The van der Waals surface area contributed by atoms with Gasteiger partial charge in [0.1, 0.15) is 0 Å². The zero-order chi connectivity index (χ0) is 19.8. The Bertz CT molecular complexity index is 833. The summed E-state index contributed by atoms with van der Waals surface area (Å²) in [7, 11) is 7.86. The van der Waals surface area contributed by atoms with Crippen molar-refractivity contribution < 1.29 is 8.78 Å². The second-order valence-electron chi connectivity index (χ2n) is 7.39. The summed E-state index contributed by atoms with van der Waals surface area (Å²) < 4.78 is 27.4. The molecule has 0 amide bonds. The van der Waals surface area contributed by atoms with Crippen LogP contribution in [-0.4, -0.2) is 20.8 Å². The molecule has 2 aromatic rings. The van der Waals surface area contributed by atoms with Crippen LogP contribution in [0.25, 0.3) is 5.57 Å². The van der Waals surface area contributed by atoms with Gasteiger partial charge in [-0.3, -0.25) is 0 Å². The van der Waals surface area contributed by atoms with E-state index in [0.717, 1.165) is 22.5 Å². The minimum atomic E-state index is -2.62. The molecule has 2 atom stereocenters. The molecular formula is C22H23BClF2N. The summed E-state index contributed by atoms with van der Waals surface area (Å²) in [5.41, 5.74) is 4.31. The number of nitrogens with zero attached hydrogens (tertiary/aromatic N) is 1. The van der Waals surface area contributed by atoms with E-state index in [9.17, 15) is 8.78 Å².